The van der Waals surface area contributed by atoms with Gasteiger partial charge in [0.25, 0.3) is 17.5 Å². The number of benzene rings is 2. The average molecular weight is 406 g/mol. The quantitative estimate of drug-likeness (QED) is 0.375. The van der Waals surface area contributed by atoms with Crippen LogP contribution < -0.4 is 10.6 Å². The topological polar surface area (TPSA) is 111 Å². The average Bonchev–Trinajstić information content (AvgIpc) is 2.67. The lowest BCUT2D eigenvalue weighted by molar-refractivity contribution is -0.384. The fourth-order valence-electron chi connectivity index (χ4n) is 2.40. The number of ether oxygens (including phenoxy) is 1. The van der Waals surface area contributed by atoms with Gasteiger partial charge in [-0.1, -0.05) is 23.7 Å². The Labute approximate surface area is 167 Å². The van der Waals surface area contributed by atoms with Crippen LogP contribution in [-0.2, 0) is 4.74 Å². The van der Waals surface area contributed by atoms with E-state index in [9.17, 15) is 19.7 Å². The first kappa shape index (κ1) is 21.3. The van der Waals surface area contributed by atoms with Gasteiger partial charge in [0.15, 0.2) is 0 Å². The van der Waals surface area contributed by atoms with Crippen molar-refractivity contribution in [2.24, 2.45) is 0 Å². The normalized spacial score (nSPS) is 10.4. The van der Waals surface area contributed by atoms with E-state index in [4.69, 9.17) is 16.3 Å². The van der Waals surface area contributed by atoms with Gasteiger partial charge in [-0.05, 0) is 31.5 Å². The van der Waals surface area contributed by atoms with Crippen molar-refractivity contribution in [3.63, 3.8) is 0 Å². The van der Waals surface area contributed by atoms with Crippen molar-refractivity contribution < 1.29 is 19.2 Å². The maximum atomic E-state index is 12.5. The number of carbonyl (C=O) groups is 2. The molecule has 148 valence electrons. The zero-order valence-corrected chi connectivity index (χ0v) is 16.0. The number of nitro groups is 1. The van der Waals surface area contributed by atoms with Crippen molar-refractivity contribution in [1.82, 2.24) is 5.32 Å². The van der Waals surface area contributed by atoms with Crippen LogP contribution in [0.2, 0.25) is 5.02 Å². The highest BCUT2D eigenvalue weighted by molar-refractivity contribution is 6.34. The summed E-state index contributed by atoms with van der Waals surface area (Å²) >= 11 is 5.99. The summed E-state index contributed by atoms with van der Waals surface area (Å²) in [7, 11) is 0. The van der Waals surface area contributed by atoms with Gasteiger partial charge in [0.1, 0.15) is 0 Å². The third-order valence-corrected chi connectivity index (χ3v) is 4.10. The Morgan fingerprint density at radius 3 is 2.57 bits per heavy atom. The molecule has 2 aromatic carbocycles. The second kappa shape index (κ2) is 10.4. The van der Waals surface area contributed by atoms with Gasteiger partial charge in [0.2, 0.25) is 0 Å². The molecule has 0 unspecified atom stereocenters. The largest absolute Gasteiger partial charge is 0.382 e. The maximum absolute atomic E-state index is 12.5. The first-order valence-electron chi connectivity index (χ1n) is 8.64. The fraction of sp³-hybridized carbons (Fsp3) is 0.263. The molecule has 0 heterocycles. The molecule has 8 nitrogen and oxygen atoms in total. The predicted molar refractivity (Wildman–Crippen MR) is 106 cm³/mol. The van der Waals surface area contributed by atoms with Crippen molar-refractivity contribution >= 4 is 34.8 Å². The van der Waals surface area contributed by atoms with Crippen molar-refractivity contribution in [2.75, 3.05) is 25.1 Å². The molecule has 0 aromatic heterocycles. The molecule has 2 aromatic rings. The molecule has 0 bridgehead atoms. The summed E-state index contributed by atoms with van der Waals surface area (Å²) in [5.41, 5.74) is 0.460. The molecule has 0 atom stereocenters. The number of nitro benzene ring substituents is 1. The molecule has 2 N–H and O–H groups in total. The van der Waals surface area contributed by atoms with E-state index in [0.717, 1.165) is 6.07 Å². The summed E-state index contributed by atoms with van der Waals surface area (Å²) in [5, 5.41) is 16.1. The minimum Gasteiger partial charge on any atom is -0.382 e. The summed E-state index contributed by atoms with van der Waals surface area (Å²) in [6, 6.07) is 10.1. The van der Waals surface area contributed by atoms with Crippen LogP contribution in [0, 0.1) is 10.1 Å². The Kier molecular flexibility index (Phi) is 7.91. The molecule has 0 aliphatic carbocycles. The van der Waals surface area contributed by atoms with E-state index < -0.39 is 10.8 Å². The summed E-state index contributed by atoms with van der Waals surface area (Å²) in [4.78, 5) is 35.1. The van der Waals surface area contributed by atoms with E-state index >= 15 is 0 Å². The monoisotopic (exact) mass is 405 g/mol. The van der Waals surface area contributed by atoms with Gasteiger partial charge < -0.3 is 15.4 Å². The summed E-state index contributed by atoms with van der Waals surface area (Å²) in [5.74, 6) is -0.904. The lowest BCUT2D eigenvalue weighted by Crippen LogP contribution is -2.27. The Hall–Kier alpha value is -2.97. The van der Waals surface area contributed by atoms with E-state index in [1.165, 1.54) is 12.1 Å². The first-order valence-corrected chi connectivity index (χ1v) is 9.02. The Bertz CT molecular complexity index is 872. The molecular formula is C19H20ClN3O5. The fourth-order valence-corrected chi connectivity index (χ4v) is 2.66. The third kappa shape index (κ3) is 5.77. The minimum absolute atomic E-state index is 0.0513. The second-order valence-electron chi connectivity index (χ2n) is 5.73. The number of halogens is 1. The molecule has 0 saturated carbocycles. The van der Waals surface area contributed by atoms with Crippen LogP contribution in [0.5, 0.6) is 0 Å². The highest BCUT2D eigenvalue weighted by Crippen LogP contribution is 2.24. The molecule has 0 fully saturated rings. The number of hydrogen-bond acceptors (Lipinski definition) is 5. The van der Waals surface area contributed by atoms with Gasteiger partial charge in [0, 0.05) is 31.9 Å². The highest BCUT2D eigenvalue weighted by atomic mass is 35.5. The van der Waals surface area contributed by atoms with E-state index in [-0.39, 0.29) is 22.2 Å². The molecule has 9 heteroatoms. The first-order chi connectivity index (χ1) is 13.4. The Morgan fingerprint density at radius 1 is 1.14 bits per heavy atom. The number of carbonyl (C=O) groups excluding carboxylic acids is 2. The molecule has 0 aliphatic heterocycles. The van der Waals surface area contributed by atoms with E-state index in [2.05, 4.69) is 10.6 Å². The number of non-ortho nitro benzene ring substituents is 1. The zero-order chi connectivity index (χ0) is 20.5. The smallest absolute Gasteiger partial charge is 0.270 e. The molecule has 0 aliphatic rings. The number of anilines is 1. The van der Waals surface area contributed by atoms with Crippen molar-refractivity contribution in [2.45, 2.75) is 13.3 Å². The number of para-hydroxylation sites is 1. The van der Waals surface area contributed by atoms with Crippen molar-refractivity contribution in [3.8, 4) is 0 Å². The minimum atomic E-state index is -0.598. The van der Waals surface area contributed by atoms with Crippen molar-refractivity contribution in [3.05, 3.63) is 68.7 Å². The Balaban J connectivity index is 2.09. The van der Waals surface area contributed by atoms with Crippen LogP contribution in [0.4, 0.5) is 11.4 Å². The van der Waals surface area contributed by atoms with Gasteiger partial charge >= 0.3 is 0 Å². The van der Waals surface area contributed by atoms with Crippen LogP contribution in [0.3, 0.4) is 0 Å². The molecule has 28 heavy (non-hydrogen) atoms. The summed E-state index contributed by atoms with van der Waals surface area (Å²) in [6.07, 6.45) is 0.673. The van der Waals surface area contributed by atoms with E-state index in [1.54, 1.807) is 24.3 Å². The zero-order valence-electron chi connectivity index (χ0n) is 15.2. The molecule has 2 amide bonds. The molecule has 0 radical (unpaired) electrons. The number of nitrogens with zero attached hydrogens (tertiary/aromatic N) is 1. The van der Waals surface area contributed by atoms with Crippen LogP contribution in [-0.4, -0.2) is 36.5 Å². The number of nitrogens with one attached hydrogen (secondary N) is 2. The van der Waals surface area contributed by atoms with Gasteiger partial charge in [0.05, 0.1) is 26.8 Å². The van der Waals surface area contributed by atoms with Crippen LogP contribution in [0.1, 0.15) is 34.1 Å². The van der Waals surface area contributed by atoms with E-state index in [1.807, 2.05) is 6.92 Å². The standard InChI is InChI=1S/C19H20ClN3O5/c1-2-28-11-5-10-21-18(24)15-6-3-4-7-17(15)22-19(25)14-9-8-13(23(26)27)12-16(14)20/h3-4,6-9,12H,2,5,10-11H2,1H3,(H,21,24)(H,22,25). The van der Waals surface area contributed by atoms with Gasteiger partial charge in [-0.15, -0.1) is 0 Å². The Morgan fingerprint density at radius 2 is 1.89 bits per heavy atom. The molecule has 2 rings (SSSR count). The van der Waals surface area contributed by atoms with Crippen LogP contribution in [0.25, 0.3) is 0 Å². The van der Waals surface area contributed by atoms with Crippen molar-refractivity contribution in [1.29, 1.82) is 0 Å². The van der Waals surface area contributed by atoms with Crippen LogP contribution in [0.15, 0.2) is 42.5 Å². The van der Waals surface area contributed by atoms with Gasteiger partial charge in [-0.25, -0.2) is 0 Å². The second-order valence-corrected chi connectivity index (χ2v) is 6.13. The number of hydrogen-bond donors (Lipinski definition) is 2. The lowest BCUT2D eigenvalue weighted by atomic mass is 10.1. The molecule has 0 saturated heterocycles. The van der Waals surface area contributed by atoms with Gasteiger partial charge in [-0.3, -0.25) is 19.7 Å². The maximum Gasteiger partial charge on any atom is 0.270 e. The molecule has 0 spiro atoms. The summed E-state index contributed by atoms with van der Waals surface area (Å²) in [6.45, 7) is 3.51. The molecular weight excluding hydrogens is 386 g/mol. The van der Waals surface area contributed by atoms with Gasteiger partial charge in [-0.2, -0.15) is 0 Å². The van der Waals surface area contributed by atoms with Crippen LogP contribution >= 0.6 is 11.6 Å². The number of amides is 2. The lowest BCUT2D eigenvalue weighted by Gasteiger charge is -2.12. The predicted octanol–water partition coefficient (Wildman–Crippen LogP) is 3.66. The van der Waals surface area contributed by atoms with E-state index in [0.29, 0.717) is 37.4 Å². The summed E-state index contributed by atoms with van der Waals surface area (Å²) < 4.78 is 5.22. The number of rotatable bonds is 9. The third-order valence-electron chi connectivity index (χ3n) is 3.78. The SMILES string of the molecule is CCOCCCNC(=O)c1ccccc1NC(=O)c1ccc([N+](=O)[O-])cc1Cl. The highest BCUT2D eigenvalue weighted by Gasteiger charge is 2.17.